The molecule has 0 heterocycles. The third-order valence-corrected chi connectivity index (χ3v) is 4.10. The molecule has 0 saturated heterocycles. The largest absolute Gasteiger partial charge is 0.465 e. The van der Waals surface area contributed by atoms with E-state index in [2.05, 4.69) is 9.71 Å². The number of amides is 1. The van der Waals surface area contributed by atoms with E-state index >= 15 is 0 Å². The van der Waals surface area contributed by atoms with Gasteiger partial charge in [0.2, 0.25) is 0 Å². The first-order valence-electron chi connectivity index (χ1n) is 5.77. The smallest absolute Gasteiger partial charge is 0.404 e. The van der Waals surface area contributed by atoms with Gasteiger partial charge in [-0.3, -0.25) is 0 Å². The van der Waals surface area contributed by atoms with Crippen molar-refractivity contribution in [3.63, 3.8) is 0 Å². The van der Waals surface area contributed by atoms with Crippen molar-refractivity contribution in [2.24, 2.45) is 4.40 Å². The fourth-order valence-electron chi connectivity index (χ4n) is 1.62. The molecular formula is C11H20N2O3S. The van der Waals surface area contributed by atoms with Gasteiger partial charge in [-0.05, 0) is 46.5 Å². The fourth-order valence-corrected chi connectivity index (χ4v) is 2.31. The van der Waals surface area contributed by atoms with Crippen molar-refractivity contribution in [1.29, 1.82) is 0 Å². The summed E-state index contributed by atoms with van der Waals surface area (Å²) in [5.41, 5.74) is 0.946. The summed E-state index contributed by atoms with van der Waals surface area (Å²) in [7, 11) is -1.21. The number of rotatable bonds is 2. The van der Waals surface area contributed by atoms with Crippen LogP contribution in [0.4, 0.5) is 4.79 Å². The lowest BCUT2D eigenvalue weighted by atomic mass is 9.94. The third kappa shape index (κ3) is 4.85. The summed E-state index contributed by atoms with van der Waals surface area (Å²) >= 11 is 0. The zero-order valence-electron chi connectivity index (χ0n) is 10.5. The number of nitrogens with one attached hydrogen (secondary N) is 1. The Morgan fingerprint density at radius 2 is 1.94 bits per heavy atom. The van der Waals surface area contributed by atoms with E-state index < -0.39 is 17.1 Å². The predicted molar refractivity (Wildman–Crippen MR) is 68.7 cm³/mol. The van der Waals surface area contributed by atoms with Crippen LogP contribution in [0, 0.1) is 0 Å². The lowest BCUT2D eigenvalue weighted by Gasteiger charge is -2.23. The molecule has 5 nitrogen and oxygen atoms in total. The van der Waals surface area contributed by atoms with E-state index in [0.29, 0.717) is 0 Å². The molecule has 1 rings (SSSR count). The molecule has 0 bridgehead atoms. The first-order chi connectivity index (χ1) is 7.79. The van der Waals surface area contributed by atoms with E-state index in [1.165, 1.54) is 0 Å². The molecule has 1 amide bonds. The molecule has 1 aliphatic carbocycles. The first-order valence-corrected chi connectivity index (χ1v) is 6.87. The second-order valence-electron chi connectivity index (χ2n) is 5.24. The highest BCUT2D eigenvalue weighted by Crippen LogP contribution is 2.19. The summed E-state index contributed by atoms with van der Waals surface area (Å²) < 4.78 is 15.7. The Morgan fingerprint density at radius 1 is 1.41 bits per heavy atom. The number of carboxylic acid groups (broad SMARTS) is 1. The number of hydrogen-bond acceptors (Lipinski definition) is 2. The fraction of sp³-hybridized carbons (Fsp3) is 0.818. The summed E-state index contributed by atoms with van der Waals surface area (Å²) in [6.07, 6.45) is 1.96. The number of carbonyl (C=O) groups is 1. The van der Waals surface area contributed by atoms with E-state index in [-0.39, 0.29) is 10.8 Å². The molecule has 0 aromatic carbocycles. The van der Waals surface area contributed by atoms with Crippen LogP contribution in [-0.2, 0) is 11.0 Å². The molecule has 0 aliphatic heterocycles. The van der Waals surface area contributed by atoms with Gasteiger partial charge in [-0.2, -0.15) is 4.40 Å². The van der Waals surface area contributed by atoms with Gasteiger partial charge >= 0.3 is 6.09 Å². The lowest BCUT2D eigenvalue weighted by Crippen LogP contribution is -2.37. The van der Waals surface area contributed by atoms with Crippen molar-refractivity contribution in [2.75, 3.05) is 0 Å². The molecule has 0 aromatic rings. The molecule has 0 spiro atoms. The maximum atomic E-state index is 11.8. The standard InChI is InChI=1S/C11H20N2O3S/c1-11(2,3)17(16)13-9-6-4-8(5-7-9)12-10(14)15/h8,12H,4-7H2,1-3H3,(H,14,15). The van der Waals surface area contributed by atoms with Crippen LogP contribution in [0.25, 0.3) is 0 Å². The van der Waals surface area contributed by atoms with Gasteiger partial charge in [0.25, 0.3) is 0 Å². The topological polar surface area (TPSA) is 78.8 Å². The molecule has 1 saturated carbocycles. The van der Waals surface area contributed by atoms with E-state index in [0.717, 1.165) is 31.4 Å². The maximum Gasteiger partial charge on any atom is 0.404 e. The molecule has 6 heteroatoms. The highest BCUT2D eigenvalue weighted by atomic mass is 32.2. The van der Waals surface area contributed by atoms with Gasteiger partial charge in [0.15, 0.2) is 0 Å². The lowest BCUT2D eigenvalue weighted by molar-refractivity contribution is 0.188. The van der Waals surface area contributed by atoms with Crippen LogP contribution in [0.2, 0.25) is 0 Å². The van der Waals surface area contributed by atoms with Gasteiger partial charge < -0.3 is 10.4 Å². The Morgan fingerprint density at radius 3 is 2.35 bits per heavy atom. The van der Waals surface area contributed by atoms with E-state index in [4.69, 9.17) is 5.11 Å². The van der Waals surface area contributed by atoms with Crippen molar-refractivity contribution in [1.82, 2.24) is 5.32 Å². The molecule has 17 heavy (non-hydrogen) atoms. The van der Waals surface area contributed by atoms with Crippen LogP contribution >= 0.6 is 0 Å². The highest BCUT2D eigenvalue weighted by molar-refractivity contribution is 7.85. The van der Waals surface area contributed by atoms with Gasteiger partial charge in [0, 0.05) is 11.8 Å². The van der Waals surface area contributed by atoms with Crippen LogP contribution in [0.5, 0.6) is 0 Å². The van der Waals surface area contributed by atoms with E-state index in [9.17, 15) is 9.00 Å². The van der Waals surface area contributed by atoms with Gasteiger partial charge in [-0.15, -0.1) is 0 Å². The minimum Gasteiger partial charge on any atom is -0.465 e. The Balaban J connectivity index is 2.49. The van der Waals surface area contributed by atoms with E-state index in [1.54, 1.807) is 0 Å². The Bertz CT molecular complexity index is 337. The summed E-state index contributed by atoms with van der Waals surface area (Å²) in [6, 6.07) is 0.00882. The SMILES string of the molecule is CC(C)(C)S(=O)N=C1CCC(NC(=O)O)CC1. The Hall–Kier alpha value is -0.910. The highest BCUT2D eigenvalue weighted by Gasteiger charge is 2.23. The normalized spacial score (nSPS) is 23.0. The van der Waals surface area contributed by atoms with Gasteiger partial charge in [0.05, 0.1) is 4.75 Å². The summed E-state index contributed by atoms with van der Waals surface area (Å²) in [5.74, 6) is 0. The monoisotopic (exact) mass is 260 g/mol. The average molecular weight is 260 g/mol. The predicted octanol–water partition coefficient (Wildman–Crippen LogP) is 2.10. The molecular weight excluding hydrogens is 240 g/mol. The number of hydrogen-bond donors (Lipinski definition) is 2. The van der Waals surface area contributed by atoms with Gasteiger partial charge in [0.1, 0.15) is 11.0 Å². The van der Waals surface area contributed by atoms with E-state index in [1.807, 2.05) is 20.8 Å². The third-order valence-electron chi connectivity index (χ3n) is 2.63. The molecule has 1 fully saturated rings. The second kappa shape index (κ2) is 5.62. The summed E-state index contributed by atoms with van der Waals surface area (Å²) in [6.45, 7) is 5.68. The van der Waals surface area contributed by atoms with Crippen LogP contribution in [0.1, 0.15) is 46.5 Å². The van der Waals surface area contributed by atoms with Crippen LogP contribution in [-0.4, -0.2) is 31.9 Å². The van der Waals surface area contributed by atoms with Crippen LogP contribution in [0.3, 0.4) is 0 Å². The molecule has 0 radical (unpaired) electrons. The maximum absolute atomic E-state index is 11.8. The van der Waals surface area contributed by atoms with Gasteiger partial charge in [-0.25, -0.2) is 9.00 Å². The minimum atomic E-state index is -1.21. The van der Waals surface area contributed by atoms with Crippen molar-refractivity contribution >= 4 is 22.8 Å². The Kier molecular flexibility index (Phi) is 4.68. The molecule has 98 valence electrons. The van der Waals surface area contributed by atoms with Crippen LogP contribution < -0.4 is 5.32 Å². The van der Waals surface area contributed by atoms with Crippen LogP contribution in [0.15, 0.2) is 4.40 Å². The zero-order valence-corrected chi connectivity index (χ0v) is 11.3. The van der Waals surface area contributed by atoms with Crippen molar-refractivity contribution in [3.8, 4) is 0 Å². The Labute approximate surface area is 104 Å². The van der Waals surface area contributed by atoms with Crippen molar-refractivity contribution in [2.45, 2.75) is 57.2 Å². The summed E-state index contributed by atoms with van der Waals surface area (Å²) in [4.78, 5) is 10.5. The second-order valence-corrected chi connectivity index (χ2v) is 7.15. The molecule has 1 unspecified atom stereocenters. The average Bonchev–Trinajstić information content (AvgIpc) is 2.18. The zero-order chi connectivity index (χ0) is 13.1. The molecule has 2 N–H and O–H groups in total. The quantitative estimate of drug-likeness (QED) is 0.798. The van der Waals surface area contributed by atoms with Gasteiger partial charge in [-0.1, -0.05) is 0 Å². The summed E-state index contributed by atoms with van der Waals surface area (Å²) in [5, 5.41) is 11.1. The molecule has 0 aromatic heterocycles. The molecule has 1 aliphatic rings. The first kappa shape index (κ1) is 14.2. The van der Waals surface area contributed by atoms with Crippen molar-refractivity contribution < 1.29 is 14.1 Å². The minimum absolute atomic E-state index is 0.00882. The number of nitrogens with zero attached hydrogens (tertiary/aromatic N) is 1. The molecule has 1 atom stereocenters. The van der Waals surface area contributed by atoms with Crippen molar-refractivity contribution in [3.05, 3.63) is 0 Å².